The third-order valence-corrected chi connectivity index (χ3v) is 5.09. The number of amides is 1. The van der Waals surface area contributed by atoms with Gasteiger partial charge in [0.25, 0.3) is 0 Å². The number of aromatic nitrogens is 2. The van der Waals surface area contributed by atoms with Crippen molar-refractivity contribution in [1.82, 2.24) is 14.9 Å². The van der Waals surface area contributed by atoms with Gasteiger partial charge in [-0.05, 0) is 28.5 Å². The average Bonchev–Trinajstić information content (AvgIpc) is 3.21. The lowest BCUT2D eigenvalue weighted by Crippen LogP contribution is -2.30. The van der Waals surface area contributed by atoms with E-state index in [2.05, 4.69) is 28.5 Å². The van der Waals surface area contributed by atoms with Gasteiger partial charge in [0.15, 0.2) is 0 Å². The smallest absolute Gasteiger partial charge is 0.244 e. The quantitative estimate of drug-likeness (QED) is 0.488. The standard InChI is InChI=1S/C25H23N3O2/c1-28-17-16-26-25(28)24(21-12-5-6-13-22(21)30-2)27-23(29)15-14-19-10-7-9-18-8-3-4-11-20(18)19/h3-17,24H,1-2H3,(H,27,29)/b15-14+. The summed E-state index contributed by atoms with van der Waals surface area (Å²) in [5.41, 5.74) is 1.84. The summed E-state index contributed by atoms with van der Waals surface area (Å²) in [6, 6.07) is 21.4. The fourth-order valence-corrected chi connectivity index (χ4v) is 3.59. The molecule has 0 saturated heterocycles. The summed E-state index contributed by atoms with van der Waals surface area (Å²) >= 11 is 0. The first-order valence-corrected chi connectivity index (χ1v) is 9.74. The van der Waals surface area contributed by atoms with Crippen LogP contribution < -0.4 is 10.1 Å². The maximum atomic E-state index is 12.9. The fourth-order valence-electron chi connectivity index (χ4n) is 3.59. The van der Waals surface area contributed by atoms with E-state index in [1.165, 1.54) is 0 Å². The zero-order valence-electron chi connectivity index (χ0n) is 16.9. The number of imidazole rings is 1. The van der Waals surface area contributed by atoms with E-state index in [0.29, 0.717) is 5.75 Å². The molecule has 0 radical (unpaired) electrons. The predicted molar refractivity (Wildman–Crippen MR) is 119 cm³/mol. The topological polar surface area (TPSA) is 56.1 Å². The van der Waals surface area contributed by atoms with Crippen LogP contribution in [0.2, 0.25) is 0 Å². The lowest BCUT2D eigenvalue weighted by Gasteiger charge is -2.20. The number of fused-ring (bicyclic) bond motifs is 1. The van der Waals surface area contributed by atoms with Gasteiger partial charge in [-0.15, -0.1) is 0 Å². The SMILES string of the molecule is COc1ccccc1C(NC(=O)/C=C/c1cccc2ccccc12)c1nccn1C. The fraction of sp³-hybridized carbons (Fsp3) is 0.120. The van der Waals surface area contributed by atoms with Crippen LogP contribution in [0.3, 0.4) is 0 Å². The van der Waals surface area contributed by atoms with Crippen LogP contribution >= 0.6 is 0 Å². The lowest BCUT2D eigenvalue weighted by atomic mass is 10.0. The van der Waals surface area contributed by atoms with Gasteiger partial charge in [0, 0.05) is 31.1 Å². The van der Waals surface area contributed by atoms with Gasteiger partial charge in [0.2, 0.25) is 5.91 Å². The van der Waals surface area contributed by atoms with E-state index in [-0.39, 0.29) is 5.91 Å². The van der Waals surface area contributed by atoms with Gasteiger partial charge >= 0.3 is 0 Å². The summed E-state index contributed by atoms with van der Waals surface area (Å²) < 4.78 is 7.41. The molecule has 0 aliphatic rings. The van der Waals surface area contributed by atoms with Crippen molar-refractivity contribution >= 4 is 22.8 Å². The van der Waals surface area contributed by atoms with Crippen molar-refractivity contribution in [3.05, 3.63) is 102 Å². The Bertz CT molecular complexity index is 1200. The number of benzene rings is 3. The Balaban J connectivity index is 1.64. The van der Waals surface area contributed by atoms with Crippen LogP contribution in [0.25, 0.3) is 16.8 Å². The monoisotopic (exact) mass is 397 g/mol. The Morgan fingerprint density at radius 3 is 2.63 bits per heavy atom. The number of methoxy groups -OCH3 is 1. The van der Waals surface area contributed by atoms with Crippen LogP contribution in [-0.4, -0.2) is 22.6 Å². The van der Waals surface area contributed by atoms with Gasteiger partial charge in [-0.25, -0.2) is 4.98 Å². The Labute approximate surface area is 175 Å². The van der Waals surface area contributed by atoms with E-state index >= 15 is 0 Å². The Morgan fingerprint density at radius 1 is 1.07 bits per heavy atom. The molecule has 1 N–H and O–H groups in total. The Kier molecular flexibility index (Phi) is 5.61. The molecule has 3 aromatic carbocycles. The third kappa shape index (κ3) is 3.96. The summed E-state index contributed by atoms with van der Waals surface area (Å²) in [5, 5.41) is 5.33. The van der Waals surface area contributed by atoms with Crippen LogP contribution in [-0.2, 0) is 11.8 Å². The van der Waals surface area contributed by atoms with Gasteiger partial charge in [-0.2, -0.15) is 0 Å². The molecule has 0 aliphatic carbocycles. The summed E-state index contributed by atoms with van der Waals surface area (Å²) in [5.74, 6) is 1.22. The van der Waals surface area contributed by atoms with Crippen molar-refractivity contribution in [2.75, 3.05) is 7.11 Å². The van der Waals surface area contributed by atoms with Gasteiger partial charge < -0.3 is 14.6 Å². The molecule has 4 rings (SSSR count). The summed E-state index contributed by atoms with van der Waals surface area (Å²) in [7, 11) is 3.53. The highest BCUT2D eigenvalue weighted by Crippen LogP contribution is 2.29. The molecule has 5 nitrogen and oxygen atoms in total. The number of hydrogen-bond acceptors (Lipinski definition) is 3. The highest BCUT2D eigenvalue weighted by molar-refractivity contribution is 5.97. The number of hydrogen-bond donors (Lipinski definition) is 1. The van der Waals surface area contributed by atoms with Crippen LogP contribution in [0, 0.1) is 0 Å². The van der Waals surface area contributed by atoms with Crippen LogP contribution in [0.5, 0.6) is 5.75 Å². The number of aryl methyl sites for hydroxylation is 1. The van der Waals surface area contributed by atoms with Crippen molar-refractivity contribution in [1.29, 1.82) is 0 Å². The Hall–Kier alpha value is -3.86. The normalized spacial score (nSPS) is 12.2. The van der Waals surface area contributed by atoms with E-state index in [0.717, 1.165) is 27.7 Å². The summed E-state index contributed by atoms with van der Waals surface area (Å²) in [4.78, 5) is 17.3. The van der Waals surface area contributed by atoms with E-state index in [9.17, 15) is 4.79 Å². The van der Waals surface area contributed by atoms with Crippen LogP contribution in [0.4, 0.5) is 0 Å². The molecule has 0 fully saturated rings. The van der Waals surface area contributed by atoms with Crippen molar-refractivity contribution in [2.24, 2.45) is 7.05 Å². The number of rotatable bonds is 6. The number of para-hydroxylation sites is 1. The third-order valence-electron chi connectivity index (χ3n) is 5.09. The lowest BCUT2D eigenvalue weighted by molar-refractivity contribution is -0.117. The van der Waals surface area contributed by atoms with E-state index in [1.807, 2.05) is 72.4 Å². The van der Waals surface area contributed by atoms with Gasteiger partial charge in [0.05, 0.1) is 7.11 Å². The minimum atomic E-state index is -0.439. The molecule has 1 unspecified atom stereocenters. The van der Waals surface area contributed by atoms with Gasteiger partial charge in [-0.3, -0.25) is 4.79 Å². The van der Waals surface area contributed by atoms with Crippen molar-refractivity contribution < 1.29 is 9.53 Å². The molecule has 1 aromatic heterocycles. The second-order valence-corrected chi connectivity index (χ2v) is 6.98. The molecule has 1 atom stereocenters. The second kappa shape index (κ2) is 8.66. The maximum Gasteiger partial charge on any atom is 0.244 e. The van der Waals surface area contributed by atoms with E-state index in [1.54, 1.807) is 19.4 Å². The second-order valence-electron chi connectivity index (χ2n) is 6.98. The molecule has 1 heterocycles. The minimum absolute atomic E-state index is 0.207. The molecule has 150 valence electrons. The van der Waals surface area contributed by atoms with Gasteiger partial charge in [0.1, 0.15) is 17.6 Å². The van der Waals surface area contributed by atoms with Gasteiger partial charge in [-0.1, -0.05) is 60.7 Å². The van der Waals surface area contributed by atoms with Crippen molar-refractivity contribution in [3.63, 3.8) is 0 Å². The maximum absolute atomic E-state index is 12.9. The first-order chi connectivity index (χ1) is 14.7. The average molecular weight is 397 g/mol. The molecule has 5 heteroatoms. The molecular formula is C25H23N3O2. The summed E-state index contributed by atoms with van der Waals surface area (Å²) in [6.45, 7) is 0. The van der Waals surface area contributed by atoms with E-state index in [4.69, 9.17) is 4.74 Å². The van der Waals surface area contributed by atoms with Crippen molar-refractivity contribution in [2.45, 2.75) is 6.04 Å². The van der Waals surface area contributed by atoms with Crippen molar-refractivity contribution in [3.8, 4) is 5.75 Å². The number of carbonyl (C=O) groups excluding carboxylic acids is 1. The Morgan fingerprint density at radius 2 is 1.83 bits per heavy atom. The number of nitrogens with one attached hydrogen (secondary N) is 1. The molecule has 0 spiro atoms. The molecule has 30 heavy (non-hydrogen) atoms. The predicted octanol–water partition coefficient (Wildman–Crippen LogP) is 4.50. The first kappa shape index (κ1) is 19.5. The zero-order chi connectivity index (χ0) is 20.9. The highest BCUT2D eigenvalue weighted by atomic mass is 16.5. The summed E-state index contributed by atoms with van der Waals surface area (Å²) in [6.07, 6.45) is 6.98. The van der Waals surface area contributed by atoms with E-state index < -0.39 is 6.04 Å². The minimum Gasteiger partial charge on any atom is -0.496 e. The largest absolute Gasteiger partial charge is 0.496 e. The molecule has 0 bridgehead atoms. The first-order valence-electron chi connectivity index (χ1n) is 9.74. The van der Waals surface area contributed by atoms with Crippen LogP contribution in [0.1, 0.15) is 23.0 Å². The molecule has 0 aliphatic heterocycles. The molecule has 0 saturated carbocycles. The zero-order valence-corrected chi connectivity index (χ0v) is 16.9. The van der Waals surface area contributed by atoms with Crippen LogP contribution in [0.15, 0.2) is 85.2 Å². The number of ether oxygens (including phenoxy) is 1. The molecule has 4 aromatic rings. The number of carbonyl (C=O) groups is 1. The molecule has 1 amide bonds. The highest BCUT2D eigenvalue weighted by Gasteiger charge is 2.23. The number of nitrogens with zero attached hydrogens (tertiary/aromatic N) is 2. The molecular weight excluding hydrogens is 374 g/mol.